The van der Waals surface area contributed by atoms with Crippen molar-refractivity contribution in [2.45, 2.75) is 11.4 Å². The maximum atomic E-state index is 12.9. The molecule has 1 fully saturated rings. The van der Waals surface area contributed by atoms with E-state index in [4.69, 9.17) is 4.74 Å². The zero-order valence-electron chi connectivity index (χ0n) is 16.3. The number of carbonyl (C=O) groups is 1. The number of sulfonamides is 1. The Kier molecular flexibility index (Phi) is 5.93. The van der Waals surface area contributed by atoms with Crippen molar-refractivity contribution in [3.8, 4) is 0 Å². The monoisotopic (exact) mass is 426 g/mol. The van der Waals surface area contributed by atoms with E-state index in [9.17, 15) is 13.2 Å². The largest absolute Gasteiger partial charge is 0.379 e. The molecule has 2 heterocycles. The topological polar surface area (TPSA) is 93.5 Å². The number of benzene rings is 2. The molecule has 0 aliphatic carbocycles. The van der Waals surface area contributed by atoms with Gasteiger partial charge in [-0.1, -0.05) is 36.4 Å². The molecule has 0 bridgehead atoms. The van der Waals surface area contributed by atoms with E-state index in [-0.39, 0.29) is 10.5 Å². The maximum Gasteiger partial charge on any atom is 0.256 e. The van der Waals surface area contributed by atoms with Crippen molar-refractivity contribution < 1.29 is 17.9 Å². The van der Waals surface area contributed by atoms with Gasteiger partial charge in [0.2, 0.25) is 10.0 Å². The van der Waals surface area contributed by atoms with Crippen molar-refractivity contribution >= 4 is 21.7 Å². The van der Waals surface area contributed by atoms with Crippen LogP contribution >= 0.6 is 0 Å². The zero-order chi connectivity index (χ0) is 21.0. The van der Waals surface area contributed by atoms with Crippen LogP contribution in [0.25, 0.3) is 0 Å². The van der Waals surface area contributed by atoms with E-state index in [1.165, 1.54) is 16.4 Å². The van der Waals surface area contributed by atoms with Gasteiger partial charge >= 0.3 is 0 Å². The van der Waals surface area contributed by atoms with Gasteiger partial charge < -0.3 is 10.1 Å². The number of ether oxygens (including phenoxy) is 1. The first-order chi connectivity index (χ1) is 14.5. The highest BCUT2D eigenvalue weighted by molar-refractivity contribution is 7.89. The van der Waals surface area contributed by atoms with Crippen LogP contribution in [0, 0.1) is 0 Å². The molecule has 8 nitrogen and oxygen atoms in total. The van der Waals surface area contributed by atoms with Crippen molar-refractivity contribution in [1.82, 2.24) is 14.1 Å². The van der Waals surface area contributed by atoms with Crippen LogP contribution in [0.2, 0.25) is 0 Å². The van der Waals surface area contributed by atoms with Crippen molar-refractivity contribution in [3.05, 3.63) is 78.0 Å². The molecule has 0 radical (unpaired) electrons. The Balaban J connectivity index is 1.51. The fourth-order valence-corrected chi connectivity index (χ4v) is 4.70. The highest BCUT2D eigenvalue weighted by Crippen LogP contribution is 2.19. The number of nitrogens with zero attached hydrogens (tertiary/aromatic N) is 3. The van der Waals surface area contributed by atoms with E-state index in [0.717, 1.165) is 5.56 Å². The first-order valence-electron chi connectivity index (χ1n) is 9.59. The minimum absolute atomic E-state index is 0.0924. The summed E-state index contributed by atoms with van der Waals surface area (Å²) in [7, 11) is -3.67. The lowest BCUT2D eigenvalue weighted by Gasteiger charge is -2.26. The number of amides is 1. The molecule has 1 aromatic heterocycles. The van der Waals surface area contributed by atoms with E-state index < -0.39 is 15.9 Å². The summed E-state index contributed by atoms with van der Waals surface area (Å²) in [4.78, 5) is 12.9. The van der Waals surface area contributed by atoms with Gasteiger partial charge in [-0.15, -0.1) is 0 Å². The third kappa shape index (κ3) is 4.43. The summed E-state index contributed by atoms with van der Waals surface area (Å²) in [5.41, 5.74) is 1.31. The van der Waals surface area contributed by atoms with Crippen LogP contribution in [-0.2, 0) is 21.3 Å². The summed E-state index contributed by atoms with van der Waals surface area (Å²) in [5, 5.41) is 7.08. The lowest BCUT2D eigenvalue weighted by molar-refractivity contribution is 0.0730. The molecule has 2 aromatic carbocycles. The third-order valence-electron chi connectivity index (χ3n) is 4.84. The molecule has 156 valence electrons. The Bertz CT molecular complexity index is 1120. The Morgan fingerprint density at radius 3 is 2.57 bits per heavy atom. The zero-order valence-corrected chi connectivity index (χ0v) is 17.1. The van der Waals surface area contributed by atoms with E-state index in [2.05, 4.69) is 10.4 Å². The number of hydrogen-bond acceptors (Lipinski definition) is 5. The molecule has 0 atom stereocenters. The summed E-state index contributed by atoms with van der Waals surface area (Å²) >= 11 is 0. The number of morpholine rings is 1. The summed E-state index contributed by atoms with van der Waals surface area (Å²) in [6, 6.07) is 17.5. The molecule has 0 unspecified atom stereocenters. The minimum Gasteiger partial charge on any atom is -0.379 e. The highest BCUT2D eigenvalue weighted by atomic mass is 32.2. The van der Waals surface area contributed by atoms with Gasteiger partial charge in [-0.05, 0) is 23.8 Å². The number of rotatable bonds is 6. The van der Waals surface area contributed by atoms with E-state index in [1.807, 2.05) is 30.3 Å². The van der Waals surface area contributed by atoms with Crippen LogP contribution in [0.1, 0.15) is 15.9 Å². The average molecular weight is 426 g/mol. The SMILES string of the molecule is O=C(Nc1ccnn1Cc1ccccc1)c1cccc(S(=O)(=O)N2CCOCC2)c1. The van der Waals surface area contributed by atoms with Gasteiger partial charge in [0, 0.05) is 24.7 Å². The molecule has 1 aliphatic rings. The van der Waals surface area contributed by atoms with Crippen LogP contribution in [0.5, 0.6) is 0 Å². The predicted molar refractivity (Wildman–Crippen MR) is 112 cm³/mol. The second-order valence-corrected chi connectivity index (χ2v) is 8.80. The average Bonchev–Trinajstić information content (AvgIpc) is 3.21. The van der Waals surface area contributed by atoms with Crippen molar-refractivity contribution in [3.63, 3.8) is 0 Å². The quantitative estimate of drug-likeness (QED) is 0.652. The second kappa shape index (κ2) is 8.78. The molecule has 3 aromatic rings. The number of carbonyl (C=O) groups excluding carboxylic acids is 1. The third-order valence-corrected chi connectivity index (χ3v) is 6.73. The number of hydrogen-bond donors (Lipinski definition) is 1. The van der Waals surface area contributed by atoms with Gasteiger partial charge in [-0.3, -0.25) is 4.79 Å². The fourth-order valence-electron chi connectivity index (χ4n) is 3.24. The first-order valence-corrected chi connectivity index (χ1v) is 11.0. The lowest BCUT2D eigenvalue weighted by atomic mass is 10.2. The van der Waals surface area contributed by atoms with E-state index in [0.29, 0.717) is 38.7 Å². The summed E-state index contributed by atoms with van der Waals surface area (Å²) in [6.45, 7) is 1.85. The molecule has 1 saturated heterocycles. The minimum atomic E-state index is -3.67. The maximum absolute atomic E-state index is 12.9. The molecule has 9 heteroatoms. The van der Waals surface area contributed by atoms with Gasteiger partial charge in [-0.2, -0.15) is 9.40 Å². The highest BCUT2D eigenvalue weighted by Gasteiger charge is 2.27. The van der Waals surface area contributed by atoms with Crippen molar-refractivity contribution in [2.24, 2.45) is 0 Å². The van der Waals surface area contributed by atoms with E-state index >= 15 is 0 Å². The Labute approximate surface area is 175 Å². The molecule has 1 N–H and O–H groups in total. The summed E-state index contributed by atoms with van der Waals surface area (Å²) < 4.78 is 34.0. The first kappa shape index (κ1) is 20.3. The van der Waals surface area contributed by atoms with Gasteiger partial charge in [-0.25, -0.2) is 13.1 Å². The van der Waals surface area contributed by atoms with Gasteiger partial charge in [0.25, 0.3) is 5.91 Å². The molecule has 4 rings (SSSR count). The Morgan fingerprint density at radius 1 is 1.03 bits per heavy atom. The van der Waals surface area contributed by atoms with Crippen LogP contribution < -0.4 is 5.32 Å². The molecular weight excluding hydrogens is 404 g/mol. The molecule has 0 spiro atoms. The fraction of sp³-hybridized carbons (Fsp3) is 0.238. The van der Waals surface area contributed by atoms with Gasteiger partial charge in [0.15, 0.2) is 0 Å². The summed E-state index contributed by atoms with van der Waals surface area (Å²) in [6.07, 6.45) is 1.61. The second-order valence-electron chi connectivity index (χ2n) is 6.86. The molecular formula is C21H22N4O4S. The number of anilines is 1. The normalized spacial score (nSPS) is 15.1. The van der Waals surface area contributed by atoms with E-state index in [1.54, 1.807) is 29.1 Å². The van der Waals surface area contributed by atoms with Crippen molar-refractivity contribution in [2.75, 3.05) is 31.6 Å². The van der Waals surface area contributed by atoms with Crippen LogP contribution in [0.4, 0.5) is 5.82 Å². The molecule has 0 saturated carbocycles. The predicted octanol–water partition coefficient (Wildman–Crippen LogP) is 2.20. The number of aromatic nitrogens is 2. The van der Waals surface area contributed by atoms with Crippen LogP contribution in [0.3, 0.4) is 0 Å². The lowest BCUT2D eigenvalue weighted by Crippen LogP contribution is -2.40. The molecule has 1 amide bonds. The summed E-state index contributed by atoms with van der Waals surface area (Å²) in [5.74, 6) is 0.133. The van der Waals surface area contributed by atoms with Crippen molar-refractivity contribution in [1.29, 1.82) is 0 Å². The number of nitrogens with one attached hydrogen (secondary N) is 1. The van der Waals surface area contributed by atoms with Gasteiger partial charge in [0.05, 0.1) is 30.9 Å². The Morgan fingerprint density at radius 2 is 1.80 bits per heavy atom. The van der Waals surface area contributed by atoms with Crippen LogP contribution in [0.15, 0.2) is 71.8 Å². The van der Waals surface area contributed by atoms with Crippen LogP contribution in [-0.4, -0.2) is 54.7 Å². The smallest absolute Gasteiger partial charge is 0.256 e. The standard InChI is InChI=1S/C21H22N4O4S/c26-21(23-20-9-10-22-25(20)16-17-5-2-1-3-6-17)18-7-4-8-19(15-18)30(27,28)24-11-13-29-14-12-24/h1-10,15H,11-14,16H2,(H,23,26). The Hall–Kier alpha value is -3.01. The molecule has 30 heavy (non-hydrogen) atoms. The van der Waals surface area contributed by atoms with Gasteiger partial charge in [0.1, 0.15) is 5.82 Å². The molecule has 1 aliphatic heterocycles.